The minimum absolute atomic E-state index is 0.477. The van der Waals surface area contributed by atoms with Crippen LogP contribution in [0.4, 0.5) is 0 Å². The van der Waals surface area contributed by atoms with Crippen LogP contribution in [0.3, 0.4) is 0 Å². The van der Waals surface area contributed by atoms with Crippen molar-refractivity contribution in [2.45, 2.75) is 38.1 Å². The lowest BCUT2D eigenvalue weighted by atomic mass is 10.4. The number of hydrogen-bond acceptors (Lipinski definition) is 2. The molecule has 1 saturated carbocycles. The van der Waals surface area contributed by atoms with Crippen molar-refractivity contribution < 1.29 is 8.76 Å². The van der Waals surface area contributed by atoms with E-state index < -0.39 is 11.1 Å². The third-order valence-electron chi connectivity index (χ3n) is 2.62. The second-order valence-corrected chi connectivity index (χ2v) is 4.78. The molecule has 0 amide bonds. The van der Waals surface area contributed by atoms with E-state index in [9.17, 15) is 4.21 Å². The van der Waals surface area contributed by atoms with Crippen molar-refractivity contribution in [2.75, 3.05) is 0 Å². The zero-order chi connectivity index (χ0) is 10.3. The van der Waals surface area contributed by atoms with Crippen molar-refractivity contribution in [3.05, 3.63) is 11.4 Å². The second kappa shape index (κ2) is 3.47. The topological polar surface area (TPSA) is 55.1 Å². The molecule has 5 heteroatoms. The summed E-state index contributed by atoms with van der Waals surface area (Å²) in [6.45, 7) is 4.52. The standard InChI is InChI=1S/C9H14N2O2S/c1-6-9(14(12)13)7(2)11(10-6)5-8-3-4-8/h8H,3-5H2,1-2H3,(H,12,13). The van der Waals surface area contributed by atoms with Crippen molar-refractivity contribution in [3.8, 4) is 0 Å². The molecular weight excluding hydrogens is 200 g/mol. The Balaban J connectivity index is 2.32. The fourth-order valence-electron chi connectivity index (χ4n) is 1.66. The van der Waals surface area contributed by atoms with Gasteiger partial charge in [-0.25, -0.2) is 4.21 Å². The summed E-state index contributed by atoms with van der Waals surface area (Å²) in [6, 6.07) is 0. The summed E-state index contributed by atoms with van der Waals surface area (Å²) in [6.07, 6.45) is 2.52. The normalized spacial score (nSPS) is 18.5. The predicted octanol–water partition coefficient (Wildman–Crippen LogP) is 1.49. The fraction of sp³-hybridized carbons (Fsp3) is 0.667. The highest BCUT2D eigenvalue weighted by atomic mass is 32.2. The van der Waals surface area contributed by atoms with Gasteiger partial charge in [0.15, 0.2) is 11.1 Å². The number of aromatic nitrogens is 2. The first-order chi connectivity index (χ1) is 6.59. The Morgan fingerprint density at radius 3 is 2.64 bits per heavy atom. The van der Waals surface area contributed by atoms with Crippen LogP contribution in [0.25, 0.3) is 0 Å². The first kappa shape index (κ1) is 9.86. The quantitative estimate of drug-likeness (QED) is 0.776. The van der Waals surface area contributed by atoms with Crippen LogP contribution in [0.5, 0.6) is 0 Å². The van der Waals surface area contributed by atoms with E-state index in [0.717, 1.165) is 18.2 Å². The van der Waals surface area contributed by atoms with Crippen molar-refractivity contribution in [1.82, 2.24) is 9.78 Å². The Hall–Kier alpha value is -0.680. The van der Waals surface area contributed by atoms with E-state index in [4.69, 9.17) is 4.55 Å². The molecule has 0 spiro atoms. The molecule has 1 N–H and O–H groups in total. The highest BCUT2D eigenvalue weighted by Gasteiger charge is 2.24. The zero-order valence-corrected chi connectivity index (χ0v) is 9.17. The minimum Gasteiger partial charge on any atom is -0.302 e. The molecule has 78 valence electrons. The van der Waals surface area contributed by atoms with E-state index in [-0.39, 0.29) is 0 Å². The van der Waals surface area contributed by atoms with E-state index in [1.807, 2.05) is 11.6 Å². The highest BCUT2D eigenvalue weighted by molar-refractivity contribution is 7.79. The van der Waals surface area contributed by atoms with Crippen molar-refractivity contribution in [3.63, 3.8) is 0 Å². The lowest BCUT2D eigenvalue weighted by Crippen LogP contribution is -2.04. The first-order valence-corrected chi connectivity index (χ1v) is 5.85. The lowest BCUT2D eigenvalue weighted by Gasteiger charge is -2.01. The number of rotatable bonds is 3. The van der Waals surface area contributed by atoms with Gasteiger partial charge in [0, 0.05) is 6.54 Å². The molecule has 1 unspecified atom stereocenters. The fourth-order valence-corrected chi connectivity index (χ4v) is 2.31. The van der Waals surface area contributed by atoms with Crippen molar-refractivity contribution in [1.29, 1.82) is 0 Å². The summed E-state index contributed by atoms with van der Waals surface area (Å²) >= 11 is -1.91. The largest absolute Gasteiger partial charge is 0.302 e. The van der Waals surface area contributed by atoms with E-state index in [2.05, 4.69) is 5.10 Å². The molecule has 1 aliphatic rings. The molecule has 1 atom stereocenters. The second-order valence-electron chi connectivity index (χ2n) is 3.87. The van der Waals surface area contributed by atoms with Crippen molar-refractivity contribution >= 4 is 11.1 Å². The summed E-state index contributed by atoms with van der Waals surface area (Å²) in [5.74, 6) is 0.730. The average molecular weight is 214 g/mol. The van der Waals surface area contributed by atoms with E-state index >= 15 is 0 Å². The van der Waals surface area contributed by atoms with E-state index in [1.165, 1.54) is 12.8 Å². The minimum atomic E-state index is -1.91. The number of nitrogens with zero attached hydrogens (tertiary/aromatic N) is 2. The molecule has 0 aromatic carbocycles. The molecular formula is C9H14N2O2S. The van der Waals surface area contributed by atoms with Gasteiger partial charge in [-0.2, -0.15) is 5.10 Å². The van der Waals surface area contributed by atoms with Crippen LogP contribution >= 0.6 is 0 Å². The van der Waals surface area contributed by atoms with Gasteiger partial charge in [-0.15, -0.1) is 0 Å². The predicted molar refractivity (Wildman–Crippen MR) is 53.5 cm³/mol. The van der Waals surface area contributed by atoms with Crippen molar-refractivity contribution in [2.24, 2.45) is 5.92 Å². The van der Waals surface area contributed by atoms with Gasteiger partial charge >= 0.3 is 0 Å². The molecule has 2 rings (SSSR count). The van der Waals surface area contributed by atoms with E-state index in [0.29, 0.717) is 10.6 Å². The maximum Gasteiger partial charge on any atom is 0.190 e. The van der Waals surface area contributed by atoms with Crippen LogP contribution < -0.4 is 0 Å². The lowest BCUT2D eigenvalue weighted by molar-refractivity contribution is 0.542. The molecule has 0 saturated heterocycles. The molecule has 1 fully saturated rings. The molecule has 1 aliphatic carbocycles. The van der Waals surface area contributed by atoms with Gasteiger partial charge in [-0.1, -0.05) is 0 Å². The monoisotopic (exact) mass is 214 g/mol. The molecule has 0 bridgehead atoms. The smallest absolute Gasteiger partial charge is 0.190 e. The highest BCUT2D eigenvalue weighted by Crippen LogP contribution is 2.31. The number of hydrogen-bond donors (Lipinski definition) is 1. The Morgan fingerprint density at radius 2 is 2.21 bits per heavy atom. The molecule has 1 aromatic heterocycles. The Labute approximate surface area is 85.6 Å². The summed E-state index contributed by atoms with van der Waals surface area (Å²) in [5, 5.41) is 4.28. The van der Waals surface area contributed by atoms with Crippen LogP contribution in [-0.2, 0) is 17.6 Å². The Bertz CT molecular complexity index is 382. The van der Waals surface area contributed by atoms with Crippen LogP contribution in [-0.4, -0.2) is 18.5 Å². The molecule has 0 radical (unpaired) electrons. The zero-order valence-electron chi connectivity index (χ0n) is 8.36. The number of aryl methyl sites for hydroxylation is 1. The molecule has 1 heterocycles. The van der Waals surface area contributed by atoms with Gasteiger partial charge in [0.2, 0.25) is 0 Å². The average Bonchev–Trinajstić information content (AvgIpc) is 2.81. The summed E-state index contributed by atoms with van der Waals surface area (Å²) in [5.41, 5.74) is 1.50. The van der Waals surface area contributed by atoms with Gasteiger partial charge in [-0.05, 0) is 32.6 Å². The van der Waals surface area contributed by atoms with E-state index in [1.54, 1.807) is 6.92 Å². The van der Waals surface area contributed by atoms with Crippen LogP contribution in [0.1, 0.15) is 24.2 Å². The summed E-state index contributed by atoms with van der Waals surface area (Å²) in [4.78, 5) is 0.477. The van der Waals surface area contributed by atoms with Gasteiger partial charge in [0.1, 0.15) is 4.90 Å². The Morgan fingerprint density at radius 1 is 1.57 bits per heavy atom. The first-order valence-electron chi connectivity index (χ1n) is 4.74. The van der Waals surface area contributed by atoms with Crippen LogP contribution in [0.2, 0.25) is 0 Å². The SMILES string of the molecule is Cc1nn(CC2CC2)c(C)c1S(=O)O. The van der Waals surface area contributed by atoms with Gasteiger partial charge in [0.25, 0.3) is 0 Å². The summed E-state index contributed by atoms with van der Waals surface area (Å²) in [7, 11) is 0. The van der Waals surface area contributed by atoms with Gasteiger partial charge in [-0.3, -0.25) is 4.68 Å². The molecule has 1 aromatic rings. The molecule has 0 aliphatic heterocycles. The van der Waals surface area contributed by atoms with Gasteiger partial charge < -0.3 is 4.55 Å². The van der Waals surface area contributed by atoms with Crippen LogP contribution in [0, 0.1) is 19.8 Å². The molecule has 14 heavy (non-hydrogen) atoms. The maximum atomic E-state index is 11.0. The molecule has 4 nitrogen and oxygen atoms in total. The summed E-state index contributed by atoms with van der Waals surface area (Å²) < 4.78 is 21.9. The Kier molecular flexibility index (Phi) is 2.45. The third kappa shape index (κ3) is 1.74. The van der Waals surface area contributed by atoms with Crippen LogP contribution in [0.15, 0.2) is 4.90 Å². The third-order valence-corrected chi connectivity index (χ3v) is 3.56. The maximum absolute atomic E-state index is 11.0. The van der Waals surface area contributed by atoms with Gasteiger partial charge in [0.05, 0.1) is 11.4 Å².